The zero-order chi connectivity index (χ0) is 25.2. The highest BCUT2D eigenvalue weighted by atomic mass is 16.5. The highest BCUT2D eigenvalue weighted by Gasteiger charge is 2.14. The summed E-state index contributed by atoms with van der Waals surface area (Å²) in [5, 5.41) is 20.3. The third-order valence-corrected chi connectivity index (χ3v) is 3.90. The number of ether oxygens (including phenoxy) is 2. The van der Waals surface area contributed by atoms with Crippen molar-refractivity contribution >= 4 is 23.9 Å². The van der Waals surface area contributed by atoms with Gasteiger partial charge in [-0.05, 0) is 38.6 Å². The fourth-order valence-electron chi connectivity index (χ4n) is 2.27. The van der Waals surface area contributed by atoms with Crippen molar-refractivity contribution < 1.29 is 38.9 Å². The first-order chi connectivity index (χ1) is 15.3. The van der Waals surface area contributed by atoms with Crippen LogP contribution in [-0.4, -0.2) is 59.9 Å². The van der Waals surface area contributed by atoms with E-state index in [1.54, 1.807) is 0 Å². The molecule has 0 aliphatic carbocycles. The van der Waals surface area contributed by atoms with Gasteiger partial charge in [-0.15, -0.1) is 0 Å². The standard InChI is InChI=1S/C19H33NO8.2C2H6/c1-2-3-12-20-15(13-27-18(25)10-6-4-8-16(21)22)14-28-19(26)11-7-5-9-17(23)24;2*1-2/h15,20H,2-14H2,1H3,(H,21,22)(H,23,24);2*1-2H3. The molecule has 190 valence electrons. The number of unbranched alkanes of at least 4 members (excludes halogenated alkanes) is 3. The van der Waals surface area contributed by atoms with E-state index in [-0.39, 0.29) is 44.9 Å². The van der Waals surface area contributed by atoms with Crippen LogP contribution in [0.2, 0.25) is 0 Å². The number of hydrogen-bond donors (Lipinski definition) is 3. The number of carbonyl (C=O) groups is 4. The van der Waals surface area contributed by atoms with Gasteiger partial charge in [-0.1, -0.05) is 41.0 Å². The first kappa shape index (κ1) is 34.5. The number of carbonyl (C=O) groups excluding carboxylic acids is 2. The predicted molar refractivity (Wildman–Crippen MR) is 124 cm³/mol. The van der Waals surface area contributed by atoms with E-state index in [4.69, 9.17) is 19.7 Å². The Bertz CT molecular complexity index is 445. The van der Waals surface area contributed by atoms with Gasteiger partial charge in [0.05, 0.1) is 6.04 Å². The number of carboxylic acids is 2. The number of esters is 2. The Morgan fingerprint density at radius 1 is 0.688 bits per heavy atom. The highest BCUT2D eigenvalue weighted by Crippen LogP contribution is 2.04. The molecule has 0 spiro atoms. The van der Waals surface area contributed by atoms with E-state index in [1.807, 2.05) is 34.6 Å². The number of nitrogens with one attached hydrogen (secondary N) is 1. The molecule has 0 heterocycles. The zero-order valence-corrected chi connectivity index (χ0v) is 20.6. The van der Waals surface area contributed by atoms with Crippen LogP contribution in [0.5, 0.6) is 0 Å². The van der Waals surface area contributed by atoms with Crippen LogP contribution in [0.1, 0.15) is 98.8 Å². The minimum Gasteiger partial charge on any atom is -0.481 e. The van der Waals surface area contributed by atoms with Gasteiger partial charge in [0, 0.05) is 25.7 Å². The summed E-state index contributed by atoms with van der Waals surface area (Å²) >= 11 is 0. The first-order valence-corrected chi connectivity index (χ1v) is 11.8. The van der Waals surface area contributed by atoms with Crippen LogP contribution in [0.15, 0.2) is 0 Å². The van der Waals surface area contributed by atoms with Gasteiger partial charge in [-0.25, -0.2) is 0 Å². The van der Waals surface area contributed by atoms with E-state index in [2.05, 4.69) is 5.32 Å². The van der Waals surface area contributed by atoms with Crippen molar-refractivity contribution in [1.82, 2.24) is 5.32 Å². The van der Waals surface area contributed by atoms with Crippen LogP contribution in [-0.2, 0) is 28.7 Å². The van der Waals surface area contributed by atoms with Gasteiger partial charge in [-0.2, -0.15) is 0 Å². The summed E-state index contributed by atoms with van der Waals surface area (Å²) in [5.74, 6) is -2.60. The lowest BCUT2D eigenvalue weighted by molar-refractivity contribution is -0.148. The Morgan fingerprint density at radius 2 is 1.06 bits per heavy atom. The van der Waals surface area contributed by atoms with Crippen molar-refractivity contribution in [2.24, 2.45) is 0 Å². The molecule has 0 unspecified atom stereocenters. The Morgan fingerprint density at radius 3 is 1.41 bits per heavy atom. The second-order valence-corrected chi connectivity index (χ2v) is 6.57. The molecule has 9 heteroatoms. The predicted octanol–water partition coefficient (Wildman–Crippen LogP) is 4.17. The molecule has 0 saturated heterocycles. The number of carboxylic acid groups (broad SMARTS) is 2. The first-order valence-electron chi connectivity index (χ1n) is 11.8. The molecule has 0 aromatic carbocycles. The minimum atomic E-state index is -0.890. The largest absolute Gasteiger partial charge is 0.481 e. The topological polar surface area (TPSA) is 139 Å². The van der Waals surface area contributed by atoms with Crippen LogP contribution in [0.4, 0.5) is 0 Å². The average molecular weight is 464 g/mol. The van der Waals surface area contributed by atoms with E-state index < -0.39 is 23.9 Å². The maximum atomic E-state index is 11.7. The van der Waals surface area contributed by atoms with Crippen LogP contribution in [0.25, 0.3) is 0 Å². The van der Waals surface area contributed by atoms with Crippen LogP contribution in [0, 0.1) is 0 Å². The number of hydrogen-bond acceptors (Lipinski definition) is 7. The Labute approximate surface area is 193 Å². The molecule has 3 N–H and O–H groups in total. The van der Waals surface area contributed by atoms with Crippen LogP contribution >= 0.6 is 0 Å². The van der Waals surface area contributed by atoms with Gasteiger partial charge in [0.15, 0.2) is 0 Å². The lowest BCUT2D eigenvalue weighted by Crippen LogP contribution is -2.39. The molecule has 0 atom stereocenters. The van der Waals surface area contributed by atoms with E-state index in [1.165, 1.54) is 0 Å². The molecule has 0 rings (SSSR count). The molecule has 0 saturated carbocycles. The smallest absolute Gasteiger partial charge is 0.305 e. The molecular formula is C23H45NO8. The van der Waals surface area contributed by atoms with Gasteiger partial charge in [-0.3, -0.25) is 19.2 Å². The Balaban J connectivity index is -0.00000198. The van der Waals surface area contributed by atoms with Crippen molar-refractivity contribution in [3.05, 3.63) is 0 Å². The van der Waals surface area contributed by atoms with E-state index in [0.717, 1.165) is 12.8 Å². The van der Waals surface area contributed by atoms with Crippen LogP contribution < -0.4 is 5.32 Å². The molecular weight excluding hydrogens is 418 g/mol. The normalized spacial score (nSPS) is 9.69. The maximum Gasteiger partial charge on any atom is 0.305 e. The summed E-state index contributed by atoms with van der Waals surface area (Å²) in [4.78, 5) is 44.3. The average Bonchev–Trinajstić information content (AvgIpc) is 2.78. The third kappa shape index (κ3) is 27.8. The van der Waals surface area contributed by atoms with E-state index in [9.17, 15) is 19.2 Å². The molecule has 0 aliphatic heterocycles. The molecule has 0 aliphatic rings. The van der Waals surface area contributed by atoms with Gasteiger partial charge in [0.1, 0.15) is 13.2 Å². The summed E-state index contributed by atoms with van der Waals surface area (Å²) in [6.45, 7) is 10.9. The number of aliphatic carboxylic acids is 2. The van der Waals surface area contributed by atoms with E-state index >= 15 is 0 Å². The van der Waals surface area contributed by atoms with Crippen molar-refractivity contribution in [2.75, 3.05) is 19.8 Å². The molecule has 0 fully saturated rings. The monoisotopic (exact) mass is 463 g/mol. The molecule has 0 aromatic heterocycles. The second-order valence-electron chi connectivity index (χ2n) is 6.57. The SMILES string of the molecule is CC.CC.CCCCNC(COC(=O)CCCCC(=O)O)COC(=O)CCCCC(=O)O. The summed E-state index contributed by atoms with van der Waals surface area (Å²) in [6.07, 6.45) is 4.01. The summed E-state index contributed by atoms with van der Waals surface area (Å²) < 4.78 is 10.4. The van der Waals surface area contributed by atoms with Gasteiger partial charge < -0.3 is 25.0 Å². The summed E-state index contributed by atoms with van der Waals surface area (Å²) in [5.41, 5.74) is 0. The Hall–Kier alpha value is -2.16. The molecule has 32 heavy (non-hydrogen) atoms. The Kier molecular flexibility index (Phi) is 28.9. The van der Waals surface area contributed by atoms with Gasteiger partial charge in [0.25, 0.3) is 0 Å². The molecule has 0 aromatic rings. The minimum absolute atomic E-state index is 0.0247. The highest BCUT2D eigenvalue weighted by molar-refractivity contribution is 5.70. The molecule has 9 nitrogen and oxygen atoms in total. The second kappa shape index (κ2) is 26.9. The van der Waals surface area contributed by atoms with E-state index in [0.29, 0.717) is 32.2 Å². The van der Waals surface area contributed by atoms with Crippen LogP contribution in [0.3, 0.4) is 0 Å². The lowest BCUT2D eigenvalue weighted by Gasteiger charge is -2.19. The summed E-state index contributed by atoms with van der Waals surface area (Å²) in [6, 6.07) is -0.322. The zero-order valence-electron chi connectivity index (χ0n) is 20.6. The van der Waals surface area contributed by atoms with Crippen molar-refractivity contribution in [1.29, 1.82) is 0 Å². The lowest BCUT2D eigenvalue weighted by atomic mass is 10.2. The molecule has 0 amide bonds. The maximum absolute atomic E-state index is 11.7. The number of rotatable bonds is 18. The van der Waals surface area contributed by atoms with Crippen molar-refractivity contribution in [3.63, 3.8) is 0 Å². The van der Waals surface area contributed by atoms with Crippen molar-refractivity contribution in [3.8, 4) is 0 Å². The fraction of sp³-hybridized carbons (Fsp3) is 0.826. The summed E-state index contributed by atoms with van der Waals surface area (Å²) in [7, 11) is 0. The van der Waals surface area contributed by atoms with Crippen molar-refractivity contribution in [2.45, 2.75) is 105 Å². The third-order valence-electron chi connectivity index (χ3n) is 3.90. The molecule has 0 radical (unpaired) electrons. The fourth-order valence-corrected chi connectivity index (χ4v) is 2.27. The molecule has 0 bridgehead atoms. The quantitative estimate of drug-likeness (QED) is 0.202. The van der Waals surface area contributed by atoms with Gasteiger partial charge in [0.2, 0.25) is 0 Å². The van der Waals surface area contributed by atoms with Gasteiger partial charge >= 0.3 is 23.9 Å².